The van der Waals surface area contributed by atoms with E-state index in [1.807, 2.05) is 31.2 Å². The van der Waals surface area contributed by atoms with Gasteiger partial charge in [-0.15, -0.1) is 0 Å². The van der Waals surface area contributed by atoms with Crippen molar-refractivity contribution in [2.75, 3.05) is 28.4 Å². The Kier molecular flexibility index (Phi) is 7.99. The van der Waals surface area contributed by atoms with Crippen LogP contribution in [0.2, 0.25) is 0 Å². The highest BCUT2D eigenvalue weighted by Crippen LogP contribution is 2.49. The highest BCUT2D eigenvalue weighted by atomic mass is 16.5. The average Bonchev–Trinajstić information content (AvgIpc) is 2.90. The van der Waals surface area contributed by atoms with Crippen LogP contribution in [0.15, 0.2) is 58.9 Å². The van der Waals surface area contributed by atoms with Crippen molar-refractivity contribution in [1.82, 2.24) is 5.32 Å². The molecule has 1 heterocycles. The first-order valence-electron chi connectivity index (χ1n) is 12.6. The summed E-state index contributed by atoms with van der Waals surface area (Å²) in [5.41, 5.74) is 4.02. The maximum atomic E-state index is 13.9. The third-order valence-corrected chi connectivity index (χ3v) is 7.02. The summed E-state index contributed by atoms with van der Waals surface area (Å²) < 4.78 is 27.7. The number of carbonyl (C=O) groups excluding carboxylic acids is 2. The number of dihydropyridines is 1. The molecule has 2 aromatic rings. The molecule has 8 nitrogen and oxygen atoms in total. The predicted molar refractivity (Wildman–Crippen MR) is 143 cm³/mol. The normalized spacial score (nSPS) is 19.1. The Hall–Kier alpha value is -3.94. The lowest BCUT2D eigenvalue weighted by Gasteiger charge is -2.37. The molecule has 1 aliphatic heterocycles. The zero-order chi connectivity index (χ0) is 27.6. The second kappa shape index (κ2) is 11.2. The monoisotopic (exact) mass is 521 g/mol. The number of methoxy groups -OCH3 is 4. The molecule has 8 heteroatoms. The van der Waals surface area contributed by atoms with Gasteiger partial charge in [-0.1, -0.05) is 6.07 Å². The highest BCUT2D eigenvalue weighted by molar-refractivity contribution is 6.04. The van der Waals surface area contributed by atoms with Crippen LogP contribution in [0, 0.1) is 0 Å². The van der Waals surface area contributed by atoms with Crippen molar-refractivity contribution in [1.29, 1.82) is 0 Å². The van der Waals surface area contributed by atoms with Gasteiger partial charge in [-0.25, -0.2) is 4.79 Å². The molecule has 0 spiro atoms. The maximum Gasteiger partial charge on any atom is 0.337 e. The van der Waals surface area contributed by atoms with Crippen molar-refractivity contribution in [3.05, 3.63) is 70.1 Å². The highest BCUT2D eigenvalue weighted by Gasteiger charge is 2.43. The van der Waals surface area contributed by atoms with Crippen molar-refractivity contribution in [3.8, 4) is 23.0 Å². The molecule has 0 saturated carbocycles. The molecule has 1 aliphatic carbocycles. The number of hydrogen-bond donors (Lipinski definition) is 1. The van der Waals surface area contributed by atoms with Gasteiger partial charge in [-0.05, 0) is 69.0 Å². The Labute approximate surface area is 223 Å². The van der Waals surface area contributed by atoms with E-state index in [4.69, 9.17) is 23.7 Å². The smallest absolute Gasteiger partial charge is 0.337 e. The van der Waals surface area contributed by atoms with Crippen molar-refractivity contribution >= 4 is 11.8 Å². The molecule has 4 rings (SSSR count). The van der Waals surface area contributed by atoms with E-state index in [1.165, 1.54) is 0 Å². The molecule has 0 bridgehead atoms. The summed E-state index contributed by atoms with van der Waals surface area (Å²) in [6.45, 7) is 5.44. The fourth-order valence-corrected chi connectivity index (χ4v) is 5.31. The third-order valence-electron chi connectivity index (χ3n) is 7.02. The molecule has 0 radical (unpaired) electrons. The molecular weight excluding hydrogens is 486 g/mol. The molecule has 0 saturated heterocycles. The zero-order valence-corrected chi connectivity index (χ0v) is 23.0. The molecule has 2 atom stereocenters. The number of Topliss-reactive ketones (excluding diaryl/α,β-unsaturated/α-hetero) is 1. The Morgan fingerprint density at radius 2 is 1.58 bits per heavy atom. The van der Waals surface area contributed by atoms with E-state index >= 15 is 0 Å². The van der Waals surface area contributed by atoms with Gasteiger partial charge in [-0.3, -0.25) is 4.79 Å². The van der Waals surface area contributed by atoms with E-state index in [0.717, 1.165) is 11.3 Å². The van der Waals surface area contributed by atoms with Crippen LogP contribution in [-0.4, -0.2) is 46.3 Å². The lowest BCUT2D eigenvalue weighted by atomic mass is 9.71. The number of nitrogens with one attached hydrogen (secondary N) is 1. The summed E-state index contributed by atoms with van der Waals surface area (Å²) in [4.78, 5) is 27.3. The average molecular weight is 522 g/mol. The number of hydrogen-bond acceptors (Lipinski definition) is 8. The number of ketones is 1. The molecule has 2 aliphatic rings. The fraction of sp³-hybridized carbons (Fsp3) is 0.400. The summed E-state index contributed by atoms with van der Waals surface area (Å²) in [6, 6.07) is 11.1. The zero-order valence-electron chi connectivity index (χ0n) is 23.0. The maximum absolute atomic E-state index is 13.9. The number of carbonyl (C=O) groups is 2. The van der Waals surface area contributed by atoms with Gasteiger partial charge in [0.15, 0.2) is 17.3 Å². The van der Waals surface area contributed by atoms with Crippen molar-refractivity contribution in [2.24, 2.45) is 0 Å². The molecule has 38 heavy (non-hydrogen) atoms. The minimum absolute atomic E-state index is 0.0456. The van der Waals surface area contributed by atoms with Crippen LogP contribution in [-0.2, 0) is 14.3 Å². The number of benzene rings is 2. The van der Waals surface area contributed by atoms with E-state index in [1.54, 1.807) is 54.4 Å². The molecule has 1 N–H and O–H groups in total. The lowest BCUT2D eigenvalue weighted by Crippen LogP contribution is -2.36. The van der Waals surface area contributed by atoms with Crippen LogP contribution in [0.25, 0.3) is 0 Å². The summed E-state index contributed by atoms with van der Waals surface area (Å²) in [5.74, 6) is 1.15. The molecule has 0 amide bonds. The van der Waals surface area contributed by atoms with Crippen LogP contribution in [0.1, 0.15) is 56.6 Å². The van der Waals surface area contributed by atoms with Gasteiger partial charge in [0.1, 0.15) is 11.5 Å². The molecule has 0 unspecified atom stereocenters. The first-order valence-corrected chi connectivity index (χ1v) is 12.6. The third kappa shape index (κ3) is 5.08. The van der Waals surface area contributed by atoms with Gasteiger partial charge < -0.3 is 29.0 Å². The SMILES string of the molecule is COc1ccc(OC)c([C@H]2C(C(=O)OC(C)C)=C(C)NC3=C2C(=O)C[C@H](c2ccc(OC)c(OC)c2)C3)c1. The van der Waals surface area contributed by atoms with Crippen molar-refractivity contribution < 1.29 is 33.3 Å². The van der Waals surface area contributed by atoms with Crippen molar-refractivity contribution in [2.45, 2.75) is 51.6 Å². The number of ether oxygens (including phenoxy) is 5. The van der Waals surface area contributed by atoms with Gasteiger partial charge in [0.25, 0.3) is 0 Å². The Balaban J connectivity index is 1.84. The summed E-state index contributed by atoms with van der Waals surface area (Å²) in [6.07, 6.45) is 0.551. The van der Waals surface area contributed by atoms with E-state index in [9.17, 15) is 9.59 Å². The first-order chi connectivity index (χ1) is 18.2. The van der Waals surface area contributed by atoms with Gasteiger partial charge in [0, 0.05) is 29.0 Å². The summed E-state index contributed by atoms with van der Waals surface area (Å²) in [5, 5.41) is 3.38. The Bertz CT molecular complexity index is 1310. The van der Waals surface area contributed by atoms with E-state index in [0.29, 0.717) is 51.8 Å². The minimum atomic E-state index is -0.665. The second-order valence-electron chi connectivity index (χ2n) is 9.69. The first kappa shape index (κ1) is 27.1. The van der Waals surface area contributed by atoms with Crippen LogP contribution in [0.5, 0.6) is 23.0 Å². The standard InChI is InChI=1S/C30H35NO7/c1-16(2)38-30(33)27-17(3)31-22-12-19(18-8-10-25(36-6)26(14-18)37-7)13-23(32)29(22)28(27)21-15-20(34-4)9-11-24(21)35-5/h8-11,14-16,19,28,31H,12-13H2,1-7H3/t19-,28+/m1/s1. The minimum Gasteiger partial charge on any atom is -0.497 e. The van der Waals surface area contributed by atoms with Gasteiger partial charge in [-0.2, -0.15) is 0 Å². The van der Waals surface area contributed by atoms with E-state index < -0.39 is 11.9 Å². The van der Waals surface area contributed by atoms with E-state index in [2.05, 4.69) is 5.32 Å². The Morgan fingerprint density at radius 3 is 2.21 bits per heavy atom. The van der Waals surface area contributed by atoms with Crippen LogP contribution >= 0.6 is 0 Å². The van der Waals surface area contributed by atoms with Gasteiger partial charge in [0.2, 0.25) is 0 Å². The summed E-state index contributed by atoms with van der Waals surface area (Å²) >= 11 is 0. The number of allylic oxidation sites excluding steroid dienone is 3. The second-order valence-corrected chi connectivity index (χ2v) is 9.69. The Morgan fingerprint density at radius 1 is 0.895 bits per heavy atom. The number of rotatable bonds is 8. The largest absolute Gasteiger partial charge is 0.497 e. The molecular formula is C30H35NO7. The molecule has 202 valence electrons. The van der Waals surface area contributed by atoms with Crippen LogP contribution < -0.4 is 24.3 Å². The quantitative estimate of drug-likeness (QED) is 0.484. The predicted octanol–water partition coefficient (Wildman–Crippen LogP) is 5.03. The molecule has 0 aromatic heterocycles. The topological polar surface area (TPSA) is 92.3 Å². The van der Waals surface area contributed by atoms with Crippen LogP contribution in [0.4, 0.5) is 0 Å². The summed E-state index contributed by atoms with van der Waals surface area (Å²) in [7, 11) is 6.33. The van der Waals surface area contributed by atoms with Gasteiger partial charge >= 0.3 is 5.97 Å². The van der Waals surface area contributed by atoms with Crippen molar-refractivity contribution in [3.63, 3.8) is 0 Å². The lowest BCUT2D eigenvalue weighted by molar-refractivity contribution is -0.143. The molecule has 2 aromatic carbocycles. The van der Waals surface area contributed by atoms with E-state index in [-0.39, 0.29) is 24.2 Å². The van der Waals surface area contributed by atoms with Gasteiger partial charge in [0.05, 0.1) is 46.0 Å². The molecule has 0 fully saturated rings. The van der Waals surface area contributed by atoms with Crippen LogP contribution in [0.3, 0.4) is 0 Å². The number of esters is 1. The fourth-order valence-electron chi connectivity index (χ4n) is 5.31.